The first-order chi connectivity index (χ1) is 13.5. The van der Waals surface area contributed by atoms with E-state index in [2.05, 4.69) is 22.6 Å². The summed E-state index contributed by atoms with van der Waals surface area (Å²) < 4.78 is 11.6. The van der Waals surface area contributed by atoms with Crippen molar-refractivity contribution in [2.24, 2.45) is 0 Å². The molecule has 156 valence electrons. The summed E-state index contributed by atoms with van der Waals surface area (Å²) in [7, 11) is 0. The fourth-order valence-corrected chi connectivity index (χ4v) is 2.99. The van der Waals surface area contributed by atoms with Crippen molar-refractivity contribution in [3.63, 3.8) is 0 Å². The first-order valence-corrected chi connectivity index (χ1v) is 11.2. The van der Waals surface area contributed by atoms with Gasteiger partial charge in [0.1, 0.15) is 6.61 Å². The molecule has 1 aromatic carbocycles. The molecule has 0 aliphatic heterocycles. The molecule has 0 aliphatic carbocycles. The van der Waals surface area contributed by atoms with Gasteiger partial charge in [-0.15, -0.1) is 0 Å². The largest absolute Gasteiger partial charge is 0.465 e. The van der Waals surface area contributed by atoms with Crippen molar-refractivity contribution in [3.05, 3.63) is 45.0 Å². The highest BCUT2D eigenvalue weighted by molar-refractivity contribution is 14.1. The molecular weight excluding hydrogens is 467 g/mol. The molecule has 4 nitrogen and oxygen atoms in total. The summed E-state index contributed by atoms with van der Waals surface area (Å²) in [5.41, 5.74) is 2.15. The Morgan fingerprint density at radius 2 is 1.46 bits per heavy atom. The van der Waals surface area contributed by atoms with Crippen LogP contribution in [0, 0.1) is 3.57 Å². The van der Waals surface area contributed by atoms with Gasteiger partial charge in [0.2, 0.25) is 0 Å². The molecule has 0 N–H and O–H groups in total. The average molecular weight is 500 g/mol. The lowest BCUT2D eigenvalue weighted by atomic mass is 10.1. The van der Waals surface area contributed by atoms with Gasteiger partial charge in [0, 0.05) is 9.99 Å². The number of benzene rings is 1. The molecule has 0 atom stereocenters. The molecule has 1 aromatic rings. The molecule has 0 bridgehead atoms. The van der Waals surface area contributed by atoms with E-state index < -0.39 is 0 Å². The van der Waals surface area contributed by atoms with Crippen LogP contribution in [0.1, 0.15) is 70.8 Å². The first kappa shape index (κ1) is 24.7. The highest BCUT2D eigenvalue weighted by Gasteiger charge is 2.05. The Labute approximate surface area is 183 Å². The molecule has 0 fully saturated rings. The van der Waals surface area contributed by atoms with Crippen LogP contribution in [-0.2, 0) is 25.5 Å². The molecule has 0 radical (unpaired) electrons. The van der Waals surface area contributed by atoms with Gasteiger partial charge in [-0.1, -0.05) is 49.8 Å². The minimum absolute atomic E-state index is 0.107. The highest BCUT2D eigenvalue weighted by Crippen LogP contribution is 2.10. The van der Waals surface area contributed by atoms with Crippen LogP contribution in [0.5, 0.6) is 0 Å². The van der Waals surface area contributed by atoms with Crippen molar-refractivity contribution in [1.82, 2.24) is 0 Å². The van der Waals surface area contributed by atoms with Crippen LogP contribution >= 0.6 is 22.6 Å². The molecule has 0 saturated carbocycles. The number of hydrogen-bond acceptors (Lipinski definition) is 4. The smallest absolute Gasteiger partial charge is 0.310 e. The standard InChI is InChI=1S/C23H33IO4/c1-19(2)15-17-28-22(25)10-8-6-4-3-5-7-9-16-27-23(26)18-20-11-13-21(24)14-12-20/h11-15H,3-10,16-18H2,1-2H3. The fourth-order valence-electron chi connectivity index (χ4n) is 2.63. The van der Waals surface area contributed by atoms with Gasteiger partial charge < -0.3 is 9.47 Å². The zero-order valence-corrected chi connectivity index (χ0v) is 19.3. The second-order valence-electron chi connectivity index (χ2n) is 7.21. The van der Waals surface area contributed by atoms with Crippen molar-refractivity contribution in [2.75, 3.05) is 13.2 Å². The van der Waals surface area contributed by atoms with E-state index in [-0.39, 0.29) is 11.9 Å². The summed E-state index contributed by atoms with van der Waals surface area (Å²) in [6, 6.07) is 7.92. The third-order valence-corrected chi connectivity index (χ3v) is 5.01. The number of carbonyl (C=O) groups excluding carboxylic acids is 2. The molecule has 0 unspecified atom stereocenters. The second kappa shape index (κ2) is 15.5. The molecular formula is C23H33IO4. The number of carbonyl (C=O) groups is 2. The molecule has 0 amide bonds. The van der Waals surface area contributed by atoms with Crippen molar-refractivity contribution in [2.45, 2.75) is 71.6 Å². The molecule has 28 heavy (non-hydrogen) atoms. The van der Waals surface area contributed by atoms with E-state index in [0.29, 0.717) is 26.1 Å². The lowest BCUT2D eigenvalue weighted by Gasteiger charge is -2.06. The number of hydrogen-bond donors (Lipinski definition) is 0. The summed E-state index contributed by atoms with van der Waals surface area (Å²) in [5.74, 6) is -0.262. The maximum absolute atomic E-state index is 11.8. The van der Waals surface area contributed by atoms with E-state index in [1.807, 2.05) is 44.2 Å². The summed E-state index contributed by atoms with van der Waals surface area (Å²) in [5, 5.41) is 0. The van der Waals surface area contributed by atoms with Crippen molar-refractivity contribution in [3.8, 4) is 0 Å². The van der Waals surface area contributed by atoms with E-state index >= 15 is 0 Å². The normalized spacial score (nSPS) is 10.4. The maximum Gasteiger partial charge on any atom is 0.310 e. The van der Waals surface area contributed by atoms with Gasteiger partial charge in [0.05, 0.1) is 13.0 Å². The van der Waals surface area contributed by atoms with Gasteiger partial charge >= 0.3 is 11.9 Å². The minimum Gasteiger partial charge on any atom is -0.465 e. The molecule has 0 saturated heterocycles. The van der Waals surface area contributed by atoms with Gasteiger partial charge in [-0.05, 0) is 73.1 Å². The van der Waals surface area contributed by atoms with Gasteiger partial charge in [0.25, 0.3) is 0 Å². The van der Waals surface area contributed by atoms with Crippen LogP contribution in [-0.4, -0.2) is 25.2 Å². The number of halogens is 1. The van der Waals surface area contributed by atoms with Crippen LogP contribution in [0.15, 0.2) is 35.9 Å². The fraction of sp³-hybridized carbons (Fsp3) is 0.565. The molecule has 0 aliphatic rings. The zero-order valence-electron chi connectivity index (χ0n) is 17.2. The summed E-state index contributed by atoms with van der Waals surface area (Å²) in [6.07, 6.45) is 10.1. The Morgan fingerprint density at radius 3 is 2.11 bits per heavy atom. The van der Waals surface area contributed by atoms with E-state index in [9.17, 15) is 9.59 Å². The molecule has 5 heteroatoms. The molecule has 0 heterocycles. The summed E-state index contributed by atoms with van der Waals surface area (Å²) in [6.45, 7) is 4.86. The van der Waals surface area contributed by atoms with Crippen molar-refractivity contribution < 1.29 is 19.1 Å². The highest BCUT2D eigenvalue weighted by atomic mass is 127. The molecule has 0 aromatic heterocycles. The van der Waals surface area contributed by atoms with E-state index in [4.69, 9.17) is 9.47 Å². The van der Waals surface area contributed by atoms with Crippen molar-refractivity contribution >= 4 is 34.5 Å². The Kier molecular flexibility index (Phi) is 13.7. The number of ether oxygens (including phenoxy) is 2. The quantitative estimate of drug-likeness (QED) is 0.136. The SMILES string of the molecule is CC(C)=CCOC(=O)CCCCCCCCCOC(=O)Cc1ccc(I)cc1. The predicted octanol–water partition coefficient (Wildman–Crippen LogP) is 6.01. The average Bonchev–Trinajstić information content (AvgIpc) is 2.65. The zero-order chi connectivity index (χ0) is 20.6. The number of esters is 2. The van der Waals surface area contributed by atoms with E-state index in [1.54, 1.807) is 0 Å². The van der Waals surface area contributed by atoms with Crippen LogP contribution < -0.4 is 0 Å². The first-order valence-electron chi connectivity index (χ1n) is 10.2. The molecule has 0 spiro atoms. The Morgan fingerprint density at radius 1 is 0.857 bits per heavy atom. The lowest BCUT2D eigenvalue weighted by molar-refractivity contribution is -0.143. The third-order valence-electron chi connectivity index (χ3n) is 4.29. The second-order valence-corrected chi connectivity index (χ2v) is 8.46. The minimum atomic E-state index is -0.155. The van der Waals surface area contributed by atoms with Gasteiger partial charge in [-0.25, -0.2) is 0 Å². The number of rotatable bonds is 14. The van der Waals surface area contributed by atoms with E-state index in [1.165, 1.54) is 0 Å². The van der Waals surface area contributed by atoms with Crippen molar-refractivity contribution in [1.29, 1.82) is 0 Å². The summed E-state index contributed by atoms with van der Waals surface area (Å²) in [4.78, 5) is 23.3. The third kappa shape index (κ3) is 13.7. The summed E-state index contributed by atoms with van der Waals surface area (Å²) >= 11 is 2.25. The van der Waals surface area contributed by atoms with Gasteiger partial charge in [-0.3, -0.25) is 9.59 Å². The lowest BCUT2D eigenvalue weighted by Crippen LogP contribution is -2.09. The van der Waals surface area contributed by atoms with E-state index in [0.717, 1.165) is 59.7 Å². The Bertz CT molecular complexity index is 604. The van der Waals surface area contributed by atoms with Crippen LogP contribution in [0.4, 0.5) is 0 Å². The monoisotopic (exact) mass is 500 g/mol. The van der Waals surface area contributed by atoms with Crippen LogP contribution in [0.25, 0.3) is 0 Å². The molecule has 1 rings (SSSR count). The topological polar surface area (TPSA) is 52.6 Å². The number of allylic oxidation sites excluding steroid dienone is 1. The van der Waals surface area contributed by atoms with Crippen LogP contribution in [0.3, 0.4) is 0 Å². The Balaban J connectivity index is 1.89. The van der Waals surface area contributed by atoms with Gasteiger partial charge in [0.15, 0.2) is 0 Å². The Hall–Kier alpha value is -1.37. The predicted molar refractivity (Wildman–Crippen MR) is 121 cm³/mol. The van der Waals surface area contributed by atoms with Crippen LogP contribution in [0.2, 0.25) is 0 Å². The van der Waals surface area contributed by atoms with Gasteiger partial charge in [-0.2, -0.15) is 0 Å². The number of unbranched alkanes of at least 4 members (excludes halogenated alkanes) is 6. The maximum atomic E-state index is 11.8.